The van der Waals surface area contributed by atoms with Gasteiger partial charge in [-0.15, -0.1) is 0 Å². The van der Waals surface area contributed by atoms with Crippen molar-refractivity contribution in [2.75, 3.05) is 5.73 Å². The number of aromatic nitrogens is 2. The molecule has 0 bridgehead atoms. The molecule has 0 saturated carbocycles. The fourth-order valence-corrected chi connectivity index (χ4v) is 1.27. The monoisotopic (exact) mass is 229 g/mol. The molecule has 0 aliphatic carbocycles. The van der Waals surface area contributed by atoms with Gasteiger partial charge in [-0.05, 0) is 6.07 Å². The second kappa shape index (κ2) is 3.51. The highest BCUT2D eigenvalue weighted by Crippen LogP contribution is 2.35. The molecular weight excluding hydrogens is 223 g/mol. The quantitative estimate of drug-likeness (QED) is 0.815. The third-order valence-corrected chi connectivity index (χ3v) is 1.92. The highest BCUT2D eigenvalue weighted by Gasteiger charge is 2.34. The number of alkyl halides is 3. The molecule has 1 heterocycles. The van der Waals surface area contributed by atoms with Gasteiger partial charge in [0.15, 0.2) is 0 Å². The highest BCUT2D eigenvalue weighted by molar-refractivity contribution is 5.61. The van der Waals surface area contributed by atoms with Crippen LogP contribution in [0, 0.1) is 0 Å². The zero-order valence-corrected chi connectivity index (χ0v) is 7.82. The van der Waals surface area contributed by atoms with Gasteiger partial charge in [0, 0.05) is 5.56 Å². The summed E-state index contributed by atoms with van der Waals surface area (Å²) in [4.78, 5) is 3.56. The molecule has 0 atom stereocenters. The normalized spacial score (nSPS) is 11.7. The van der Waals surface area contributed by atoms with Crippen molar-refractivity contribution >= 4 is 6.01 Å². The Kier molecular flexibility index (Phi) is 2.30. The molecule has 0 spiro atoms. The van der Waals surface area contributed by atoms with Gasteiger partial charge in [-0.3, -0.25) is 0 Å². The fraction of sp³-hybridized carbons (Fsp3) is 0.111. The maximum absolute atomic E-state index is 12.6. The molecule has 2 aromatic rings. The van der Waals surface area contributed by atoms with Crippen molar-refractivity contribution in [3.63, 3.8) is 0 Å². The summed E-state index contributed by atoms with van der Waals surface area (Å²) in [7, 11) is 0. The molecular formula is C9H6F3N3O. The molecule has 0 saturated heterocycles. The molecule has 0 aliphatic rings. The molecule has 7 heteroatoms. The third-order valence-electron chi connectivity index (χ3n) is 1.92. The van der Waals surface area contributed by atoms with Crippen molar-refractivity contribution in [2.45, 2.75) is 6.18 Å². The lowest BCUT2D eigenvalue weighted by Crippen LogP contribution is -2.07. The second-order valence-electron chi connectivity index (χ2n) is 3.00. The van der Waals surface area contributed by atoms with Crippen molar-refractivity contribution in [1.29, 1.82) is 0 Å². The van der Waals surface area contributed by atoms with Gasteiger partial charge >= 0.3 is 12.2 Å². The van der Waals surface area contributed by atoms with E-state index in [1.165, 1.54) is 18.2 Å². The van der Waals surface area contributed by atoms with E-state index in [1.54, 1.807) is 0 Å². The summed E-state index contributed by atoms with van der Waals surface area (Å²) < 4.78 is 42.3. The maximum Gasteiger partial charge on any atom is 0.417 e. The summed E-state index contributed by atoms with van der Waals surface area (Å²) >= 11 is 0. The first-order valence-electron chi connectivity index (χ1n) is 4.24. The van der Waals surface area contributed by atoms with Crippen LogP contribution >= 0.6 is 0 Å². The summed E-state index contributed by atoms with van der Waals surface area (Å²) in [6, 6.07) is 4.68. The van der Waals surface area contributed by atoms with Crippen LogP contribution in [0.4, 0.5) is 19.2 Å². The van der Waals surface area contributed by atoms with E-state index in [0.717, 1.165) is 6.07 Å². The van der Waals surface area contributed by atoms with Gasteiger partial charge in [0.2, 0.25) is 5.82 Å². The van der Waals surface area contributed by atoms with Gasteiger partial charge in [0.05, 0.1) is 5.56 Å². The summed E-state index contributed by atoms with van der Waals surface area (Å²) in [5.41, 5.74) is 4.17. The topological polar surface area (TPSA) is 64.9 Å². The van der Waals surface area contributed by atoms with Crippen LogP contribution in [0.2, 0.25) is 0 Å². The molecule has 16 heavy (non-hydrogen) atoms. The Morgan fingerprint density at radius 3 is 2.44 bits per heavy atom. The van der Waals surface area contributed by atoms with Gasteiger partial charge < -0.3 is 10.3 Å². The van der Waals surface area contributed by atoms with Crippen molar-refractivity contribution < 1.29 is 17.7 Å². The van der Waals surface area contributed by atoms with E-state index in [1.807, 2.05) is 0 Å². The first-order valence-corrected chi connectivity index (χ1v) is 4.24. The summed E-state index contributed by atoms with van der Waals surface area (Å²) in [5, 5.41) is 3.35. The molecule has 1 aromatic carbocycles. The number of rotatable bonds is 1. The second-order valence-corrected chi connectivity index (χ2v) is 3.00. The molecule has 0 aliphatic heterocycles. The summed E-state index contributed by atoms with van der Waals surface area (Å²) in [5.74, 6) is -0.176. The van der Waals surface area contributed by atoms with Crippen LogP contribution < -0.4 is 5.73 Å². The Morgan fingerprint density at radius 2 is 1.88 bits per heavy atom. The van der Waals surface area contributed by atoms with Crippen LogP contribution in [0.25, 0.3) is 11.4 Å². The number of nitrogen functional groups attached to an aromatic ring is 1. The fourth-order valence-electron chi connectivity index (χ4n) is 1.27. The minimum atomic E-state index is -4.47. The summed E-state index contributed by atoms with van der Waals surface area (Å²) in [6.45, 7) is 0. The molecule has 0 amide bonds. The molecule has 4 nitrogen and oxygen atoms in total. The average Bonchev–Trinajstić information content (AvgIpc) is 2.64. The zero-order valence-electron chi connectivity index (χ0n) is 7.82. The number of benzene rings is 1. The number of anilines is 1. The first kappa shape index (κ1) is 10.5. The lowest BCUT2D eigenvalue weighted by Gasteiger charge is -2.09. The number of nitrogens with zero attached hydrogens (tertiary/aromatic N) is 2. The van der Waals surface area contributed by atoms with Crippen molar-refractivity contribution in [2.24, 2.45) is 0 Å². The van der Waals surface area contributed by atoms with Gasteiger partial charge in [0.25, 0.3) is 0 Å². The van der Waals surface area contributed by atoms with E-state index in [2.05, 4.69) is 14.7 Å². The Bertz CT molecular complexity index is 507. The number of halogens is 3. The van der Waals surface area contributed by atoms with E-state index < -0.39 is 11.7 Å². The van der Waals surface area contributed by atoms with E-state index in [9.17, 15) is 13.2 Å². The van der Waals surface area contributed by atoms with Crippen LogP contribution in [0.15, 0.2) is 28.8 Å². The van der Waals surface area contributed by atoms with Gasteiger partial charge in [-0.2, -0.15) is 18.2 Å². The number of hydrogen-bond donors (Lipinski definition) is 1. The number of nitrogens with two attached hydrogens (primary N) is 1. The van der Waals surface area contributed by atoms with Crippen LogP contribution in [0.5, 0.6) is 0 Å². The van der Waals surface area contributed by atoms with Gasteiger partial charge in [-0.1, -0.05) is 23.4 Å². The lowest BCUT2D eigenvalue weighted by atomic mass is 10.1. The van der Waals surface area contributed by atoms with Crippen LogP contribution in [0.3, 0.4) is 0 Å². The van der Waals surface area contributed by atoms with Crippen LogP contribution in [-0.4, -0.2) is 10.1 Å². The van der Waals surface area contributed by atoms with E-state index >= 15 is 0 Å². The molecule has 2 rings (SSSR count). The van der Waals surface area contributed by atoms with Crippen molar-refractivity contribution in [1.82, 2.24) is 10.1 Å². The number of hydrogen-bond acceptors (Lipinski definition) is 4. The van der Waals surface area contributed by atoms with E-state index in [4.69, 9.17) is 5.73 Å². The minimum absolute atomic E-state index is 0.157. The SMILES string of the molecule is Nc1nc(-c2ccccc2C(F)(F)F)no1. The Balaban J connectivity index is 2.57. The first-order chi connectivity index (χ1) is 7.48. The van der Waals surface area contributed by atoms with Gasteiger partial charge in [0.1, 0.15) is 0 Å². The highest BCUT2D eigenvalue weighted by atomic mass is 19.4. The lowest BCUT2D eigenvalue weighted by molar-refractivity contribution is -0.137. The molecule has 2 N–H and O–H groups in total. The van der Waals surface area contributed by atoms with Crippen molar-refractivity contribution in [3.8, 4) is 11.4 Å². The van der Waals surface area contributed by atoms with Gasteiger partial charge in [-0.25, -0.2) is 0 Å². The predicted molar refractivity (Wildman–Crippen MR) is 49.1 cm³/mol. The molecule has 1 aromatic heterocycles. The average molecular weight is 229 g/mol. The Morgan fingerprint density at radius 1 is 1.19 bits per heavy atom. The zero-order chi connectivity index (χ0) is 11.8. The third kappa shape index (κ3) is 1.83. The molecule has 0 fully saturated rings. The van der Waals surface area contributed by atoms with Crippen LogP contribution in [0.1, 0.15) is 5.56 Å². The maximum atomic E-state index is 12.6. The smallest absolute Gasteiger partial charge is 0.351 e. The largest absolute Gasteiger partial charge is 0.417 e. The molecule has 0 unspecified atom stereocenters. The Labute approximate surface area is 87.9 Å². The van der Waals surface area contributed by atoms with E-state index in [-0.39, 0.29) is 17.4 Å². The van der Waals surface area contributed by atoms with Crippen molar-refractivity contribution in [3.05, 3.63) is 29.8 Å². The summed E-state index contributed by atoms with van der Waals surface area (Å²) in [6.07, 6.45) is -4.47. The molecule has 84 valence electrons. The standard InChI is InChI=1S/C9H6F3N3O/c10-9(11,12)6-4-2-1-3-5(6)7-14-8(13)16-15-7/h1-4H,(H2,13,14,15). The Hall–Kier alpha value is -2.05. The predicted octanol–water partition coefficient (Wildman–Crippen LogP) is 2.34. The molecule has 0 radical (unpaired) electrons. The minimum Gasteiger partial charge on any atom is -0.351 e. The van der Waals surface area contributed by atoms with E-state index in [0.29, 0.717) is 0 Å². The van der Waals surface area contributed by atoms with Crippen LogP contribution in [-0.2, 0) is 6.18 Å².